The highest BCUT2D eigenvalue weighted by atomic mass is 16.5. The number of ether oxygens (including phenoxy) is 1. The van der Waals surface area contributed by atoms with E-state index in [0.29, 0.717) is 24.8 Å². The Hall–Kier alpha value is -0.770. The first-order valence-electron chi connectivity index (χ1n) is 7.53. The van der Waals surface area contributed by atoms with Gasteiger partial charge in [0.15, 0.2) is 0 Å². The number of nitrogens with zero attached hydrogens (tertiary/aromatic N) is 1. The van der Waals surface area contributed by atoms with Gasteiger partial charge in [0.2, 0.25) is 0 Å². The summed E-state index contributed by atoms with van der Waals surface area (Å²) in [6.07, 6.45) is 9.91. The zero-order valence-corrected chi connectivity index (χ0v) is 11.1. The van der Waals surface area contributed by atoms with Crippen LogP contribution in [0.3, 0.4) is 0 Å². The zero-order valence-electron chi connectivity index (χ0n) is 11.1. The van der Waals surface area contributed by atoms with Gasteiger partial charge in [0.25, 0.3) is 0 Å². The third-order valence-electron chi connectivity index (χ3n) is 4.68. The Labute approximate surface area is 109 Å². The van der Waals surface area contributed by atoms with E-state index in [1.165, 1.54) is 25.7 Å². The van der Waals surface area contributed by atoms with Gasteiger partial charge in [-0.15, -0.1) is 0 Å². The molecule has 2 amide bonds. The van der Waals surface area contributed by atoms with Crippen LogP contribution in [-0.2, 0) is 4.74 Å². The van der Waals surface area contributed by atoms with Crippen molar-refractivity contribution in [2.24, 2.45) is 0 Å². The molecular formula is C14H24N2O2. The fraction of sp³-hybridized carbons (Fsp3) is 0.929. The highest BCUT2D eigenvalue weighted by molar-refractivity contribution is 5.75. The van der Waals surface area contributed by atoms with E-state index in [1.807, 2.05) is 4.90 Å². The van der Waals surface area contributed by atoms with E-state index in [0.717, 1.165) is 32.2 Å². The highest BCUT2D eigenvalue weighted by Gasteiger charge is 2.38. The predicted molar refractivity (Wildman–Crippen MR) is 69.5 cm³/mol. The number of urea groups is 1. The molecule has 0 bridgehead atoms. The maximum absolute atomic E-state index is 12.4. The number of rotatable bonds is 1. The Morgan fingerprint density at radius 1 is 1.06 bits per heavy atom. The van der Waals surface area contributed by atoms with E-state index in [1.54, 1.807) is 0 Å². The summed E-state index contributed by atoms with van der Waals surface area (Å²) in [7, 11) is 0. The maximum Gasteiger partial charge on any atom is 0.318 e. The second-order valence-corrected chi connectivity index (χ2v) is 5.89. The lowest BCUT2D eigenvalue weighted by atomic mass is 9.96. The first-order valence-corrected chi connectivity index (χ1v) is 7.53. The van der Waals surface area contributed by atoms with E-state index in [9.17, 15) is 4.79 Å². The lowest BCUT2D eigenvalue weighted by Crippen LogP contribution is -2.56. The van der Waals surface area contributed by atoms with Crippen molar-refractivity contribution in [1.82, 2.24) is 10.2 Å². The predicted octanol–water partition coefficient (Wildman–Crippen LogP) is 2.28. The molecule has 18 heavy (non-hydrogen) atoms. The van der Waals surface area contributed by atoms with E-state index in [4.69, 9.17) is 4.74 Å². The normalized spacial score (nSPS) is 33.2. The van der Waals surface area contributed by atoms with Crippen LogP contribution in [0.2, 0.25) is 0 Å². The molecule has 2 saturated carbocycles. The van der Waals surface area contributed by atoms with Crippen LogP contribution in [0.1, 0.15) is 51.4 Å². The minimum atomic E-state index is 0.155. The Balaban J connectivity index is 1.57. The first kappa shape index (κ1) is 12.3. The quantitative estimate of drug-likeness (QED) is 0.778. The van der Waals surface area contributed by atoms with E-state index in [-0.39, 0.29) is 6.03 Å². The van der Waals surface area contributed by atoms with Crippen LogP contribution >= 0.6 is 0 Å². The first-order chi connectivity index (χ1) is 8.84. The summed E-state index contributed by atoms with van der Waals surface area (Å²) in [5.41, 5.74) is 0. The molecule has 102 valence electrons. The van der Waals surface area contributed by atoms with Crippen molar-refractivity contribution in [1.29, 1.82) is 0 Å². The van der Waals surface area contributed by atoms with Crippen LogP contribution in [-0.4, -0.2) is 42.3 Å². The second kappa shape index (κ2) is 5.47. The Bertz CT molecular complexity index is 302. The average Bonchev–Trinajstić information content (AvgIpc) is 2.87. The lowest BCUT2D eigenvalue weighted by Gasteiger charge is -2.38. The smallest absolute Gasteiger partial charge is 0.318 e. The molecule has 3 fully saturated rings. The summed E-state index contributed by atoms with van der Waals surface area (Å²) in [5.74, 6) is 0. The third kappa shape index (κ3) is 2.48. The minimum absolute atomic E-state index is 0.155. The molecule has 4 heteroatoms. The van der Waals surface area contributed by atoms with Crippen molar-refractivity contribution in [3.8, 4) is 0 Å². The van der Waals surface area contributed by atoms with Crippen LogP contribution in [0.15, 0.2) is 0 Å². The summed E-state index contributed by atoms with van der Waals surface area (Å²) < 4.78 is 5.75. The largest absolute Gasteiger partial charge is 0.374 e. The number of carbonyl (C=O) groups is 1. The molecule has 0 aromatic carbocycles. The number of carbonyl (C=O) groups excluding carboxylic acids is 1. The molecule has 1 N–H and O–H groups in total. The van der Waals surface area contributed by atoms with Gasteiger partial charge in [-0.1, -0.05) is 19.3 Å². The van der Waals surface area contributed by atoms with Crippen LogP contribution < -0.4 is 5.32 Å². The Kier molecular flexibility index (Phi) is 3.73. The van der Waals surface area contributed by atoms with Gasteiger partial charge >= 0.3 is 6.03 Å². The van der Waals surface area contributed by atoms with Gasteiger partial charge in [0.05, 0.1) is 18.8 Å². The van der Waals surface area contributed by atoms with Crippen LogP contribution in [0.25, 0.3) is 0 Å². The van der Waals surface area contributed by atoms with Crippen molar-refractivity contribution >= 4 is 6.03 Å². The minimum Gasteiger partial charge on any atom is -0.374 e. The van der Waals surface area contributed by atoms with Gasteiger partial charge in [-0.25, -0.2) is 4.79 Å². The molecule has 2 atom stereocenters. The van der Waals surface area contributed by atoms with Gasteiger partial charge in [-0.05, 0) is 32.1 Å². The number of hydrogen-bond acceptors (Lipinski definition) is 2. The molecule has 0 aromatic rings. The summed E-state index contributed by atoms with van der Waals surface area (Å²) >= 11 is 0. The number of morpholine rings is 1. The Morgan fingerprint density at radius 3 is 2.72 bits per heavy atom. The SMILES string of the molecule is O=C(NC1CCCCC1)N1CCOC2CCCC21. The lowest BCUT2D eigenvalue weighted by molar-refractivity contribution is -0.0387. The van der Waals surface area contributed by atoms with E-state index in [2.05, 4.69) is 5.32 Å². The molecule has 0 radical (unpaired) electrons. The van der Waals surface area contributed by atoms with Crippen molar-refractivity contribution in [2.75, 3.05) is 13.2 Å². The molecule has 3 aliphatic rings. The van der Waals surface area contributed by atoms with E-state index < -0.39 is 0 Å². The molecule has 0 spiro atoms. The van der Waals surface area contributed by atoms with E-state index >= 15 is 0 Å². The molecule has 1 heterocycles. The molecule has 2 unspecified atom stereocenters. The van der Waals surface area contributed by atoms with Crippen molar-refractivity contribution in [3.05, 3.63) is 0 Å². The Morgan fingerprint density at radius 2 is 1.89 bits per heavy atom. The van der Waals surface area contributed by atoms with Gasteiger partial charge in [-0.2, -0.15) is 0 Å². The topological polar surface area (TPSA) is 41.6 Å². The molecular weight excluding hydrogens is 228 g/mol. The molecule has 2 aliphatic carbocycles. The van der Waals surface area contributed by atoms with Gasteiger partial charge in [0.1, 0.15) is 0 Å². The number of amides is 2. The van der Waals surface area contributed by atoms with Crippen LogP contribution in [0.5, 0.6) is 0 Å². The highest BCUT2D eigenvalue weighted by Crippen LogP contribution is 2.29. The fourth-order valence-electron chi connectivity index (χ4n) is 3.68. The average molecular weight is 252 g/mol. The molecule has 1 aliphatic heterocycles. The van der Waals surface area contributed by atoms with Crippen molar-refractivity contribution in [3.63, 3.8) is 0 Å². The third-order valence-corrected chi connectivity index (χ3v) is 4.68. The number of nitrogens with one attached hydrogen (secondary N) is 1. The number of fused-ring (bicyclic) bond motifs is 1. The summed E-state index contributed by atoms with van der Waals surface area (Å²) in [6, 6.07) is 0.901. The zero-order chi connectivity index (χ0) is 12.4. The standard InChI is InChI=1S/C14H24N2O2/c17-14(15-11-5-2-1-3-6-11)16-9-10-18-13-8-4-7-12(13)16/h11-13H,1-10H2,(H,15,17). The maximum atomic E-state index is 12.4. The summed E-state index contributed by atoms with van der Waals surface area (Å²) in [4.78, 5) is 14.4. The van der Waals surface area contributed by atoms with Crippen LogP contribution in [0, 0.1) is 0 Å². The molecule has 4 nitrogen and oxygen atoms in total. The summed E-state index contributed by atoms with van der Waals surface area (Å²) in [5, 5.41) is 3.23. The van der Waals surface area contributed by atoms with Crippen LogP contribution in [0.4, 0.5) is 4.79 Å². The van der Waals surface area contributed by atoms with Gasteiger partial charge in [-0.3, -0.25) is 0 Å². The second-order valence-electron chi connectivity index (χ2n) is 5.89. The molecule has 3 rings (SSSR count). The summed E-state index contributed by atoms with van der Waals surface area (Å²) in [6.45, 7) is 1.47. The monoisotopic (exact) mass is 252 g/mol. The molecule has 1 saturated heterocycles. The van der Waals surface area contributed by atoms with Gasteiger partial charge < -0.3 is 15.0 Å². The van der Waals surface area contributed by atoms with Gasteiger partial charge in [0, 0.05) is 12.6 Å². The van der Waals surface area contributed by atoms with Crippen molar-refractivity contribution in [2.45, 2.75) is 69.6 Å². The number of hydrogen-bond donors (Lipinski definition) is 1. The fourth-order valence-corrected chi connectivity index (χ4v) is 3.68. The van der Waals surface area contributed by atoms with Crippen molar-refractivity contribution < 1.29 is 9.53 Å². The molecule has 0 aromatic heterocycles.